The van der Waals surface area contributed by atoms with Crippen LogP contribution >= 0.6 is 0 Å². The second-order valence-electron chi connectivity index (χ2n) is 4.16. The van der Waals surface area contributed by atoms with Crippen LogP contribution in [0.25, 0.3) is 0 Å². The zero-order valence-electron chi connectivity index (χ0n) is 9.90. The van der Waals surface area contributed by atoms with E-state index in [0.717, 1.165) is 0 Å². The van der Waals surface area contributed by atoms with Gasteiger partial charge in [0.25, 0.3) is 0 Å². The topological polar surface area (TPSA) is 52.9 Å². The Kier molecular flexibility index (Phi) is 4.65. The van der Waals surface area contributed by atoms with Crippen LogP contribution in [0.5, 0.6) is 0 Å². The number of hydrogen-bond donors (Lipinski definition) is 1. The molecule has 0 aromatic heterocycles. The fraction of sp³-hybridized carbons (Fsp3) is 0.385. The van der Waals surface area contributed by atoms with Crippen molar-refractivity contribution in [1.82, 2.24) is 5.32 Å². The predicted octanol–water partition coefficient (Wildman–Crippen LogP) is 2.24. The molecular weight excluding hydrogens is 219 g/mol. The van der Waals surface area contributed by atoms with E-state index in [9.17, 15) is 9.18 Å². The van der Waals surface area contributed by atoms with Gasteiger partial charge in [-0.3, -0.25) is 4.79 Å². The van der Waals surface area contributed by atoms with Gasteiger partial charge in [-0.25, -0.2) is 4.39 Å². The van der Waals surface area contributed by atoms with Crippen LogP contribution in [0.3, 0.4) is 0 Å². The molecule has 0 aliphatic heterocycles. The first-order valence-corrected chi connectivity index (χ1v) is 5.47. The first-order chi connectivity index (χ1) is 8.06. The highest BCUT2D eigenvalue weighted by atomic mass is 19.1. The average molecular weight is 234 g/mol. The van der Waals surface area contributed by atoms with Crippen LogP contribution in [0.4, 0.5) is 4.39 Å². The van der Waals surface area contributed by atoms with Crippen molar-refractivity contribution in [2.45, 2.75) is 20.4 Å². The molecule has 1 rings (SSSR count). The summed E-state index contributed by atoms with van der Waals surface area (Å²) in [5, 5.41) is 11.4. The molecule has 90 valence electrons. The van der Waals surface area contributed by atoms with E-state index in [0.29, 0.717) is 5.56 Å². The molecule has 0 aliphatic carbocycles. The number of halogens is 1. The molecule has 1 atom stereocenters. The minimum absolute atomic E-state index is 0.0550. The Bertz CT molecular complexity index is 437. The number of amides is 1. The number of carbonyl (C=O) groups excluding carboxylic acids is 1. The third-order valence-electron chi connectivity index (χ3n) is 2.50. The van der Waals surface area contributed by atoms with E-state index in [4.69, 9.17) is 5.26 Å². The quantitative estimate of drug-likeness (QED) is 0.868. The fourth-order valence-electron chi connectivity index (χ4n) is 1.44. The standard InChI is InChI=1S/C13H15FN2O/c1-9(2)11(7-15)13(17)16-8-10-5-3-4-6-12(10)14/h3-6,9,11H,8H2,1-2H3,(H,16,17). The van der Waals surface area contributed by atoms with Crippen molar-refractivity contribution in [2.24, 2.45) is 11.8 Å². The maximum atomic E-state index is 13.3. The lowest BCUT2D eigenvalue weighted by Crippen LogP contribution is -2.32. The lowest BCUT2D eigenvalue weighted by molar-refractivity contribution is -0.124. The van der Waals surface area contributed by atoms with Crippen LogP contribution in [0, 0.1) is 29.0 Å². The predicted molar refractivity (Wildman–Crippen MR) is 62.2 cm³/mol. The molecule has 0 saturated carbocycles. The monoisotopic (exact) mass is 234 g/mol. The lowest BCUT2D eigenvalue weighted by atomic mass is 9.96. The molecule has 0 saturated heterocycles. The van der Waals surface area contributed by atoms with Gasteiger partial charge in [0.2, 0.25) is 5.91 Å². The minimum Gasteiger partial charge on any atom is -0.351 e. The summed E-state index contributed by atoms with van der Waals surface area (Å²) in [4.78, 5) is 11.6. The second-order valence-corrected chi connectivity index (χ2v) is 4.16. The normalized spacial score (nSPS) is 11.9. The van der Waals surface area contributed by atoms with Crippen molar-refractivity contribution in [3.63, 3.8) is 0 Å². The third kappa shape index (κ3) is 3.56. The number of carbonyl (C=O) groups is 1. The smallest absolute Gasteiger partial charge is 0.237 e. The molecule has 3 nitrogen and oxygen atoms in total. The van der Waals surface area contributed by atoms with E-state index in [2.05, 4.69) is 5.32 Å². The maximum Gasteiger partial charge on any atom is 0.237 e. The van der Waals surface area contributed by atoms with E-state index in [1.165, 1.54) is 6.07 Å². The van der Waals surface area contributed by atoms with Crippen LogP contribution in [0.15, 0.2) is 24.3 Å². The highest BCUT2D eigenvalue weighted by Gasteiger charge is 2.21. The molecule has 4 heteroatoms. The van der Waals surface area contributed by atoms with Gasteiger partial charge in [-0.05, 0) is 12.0 Å². The number of benzene rings is 1. The van der Waals surface area contributed by atoms with Crippen LogP contribution in [0.2, 0.25) is 0 Å². The molecule has 0 radical (unpaired) electrons. The van der Waals surface area contributed by atoms with Crippen molar-refractivity contribution in [3.8, 4) is 6.07 Å². The van der Waals surface area contributed by atoms with Gasteiger partial charge in [-0.2, -0.15) is 5.26 Å². The molecular formula is C13H15FN2O. The number of nitriles is 1. The Balaban J connectivity index is 2.60. The van der Waals surface area contributed by atoms with Crippen molar-refractivity contribution in [2.75, 3.05) is 0 Å². The molecule has 1 aromatic rings. The van der Waals surface area contributed by atoms with Crippen molar-refractivity contribution in [3.05, 3.63) is 35.6 Å². The summed E-state index contributed by atoms with van der Waals surface area (Å²) in [6.07, 6.45) is 0. The summed E-state index contributed by atoms with van der Waals surface area (Å²) in [7, 11) is 0. The SMILES string of the molecule is CC(C)C(C#N)C(=O)NCc1ccccc1F. The highest BCUT2D eigenvalue weighted by Crippen LogP contribution is 2.11. The van der Waals surface area contributed by atoms with E-state index in [1.54, 1.807) is 32.0 Å². The first kappa shape index (κ1) is 13.2. The van der Waals surface area contributed by atoms with Gasteiger partial charge in [-0.15, -0.1) is 0 Å². The molecule has 0 aliphatic rings. The van der Waals surface area contributed by atoms with E-state index in [1.807, 2.05) is 6.07 Å². The molecule has 0 spiro atoms. The van der Waals surface area contributed by atoms with Gasteiger partial charge in [0.1, 0.15) is 11.7 Å². The van der Waals surface area contributed by atoms with Gasteiger partial charge < -0.3 is 5.32 Å². The second kappa shape index (κ2) is 6.00. The van der Waals surface area contributed by atoms with E-state index < -0.39 is 5.92 Å². The molecule has 0 heterocycles. The Hall–Kier alpha value is -1.89. The Morgan fingerprint density at radius 3 is 2.65 bits per heavy atom. The molecule has 1 N–H and O–H groups in total. The first-order valence-electron chi connectivity index (χ1n) is 5.47. The van der Waals surface area contributed by atoms with Crippen molar-refractivity contribution in [1.29, 1.82) is 5.26 Å². The summed E-state index contributed by atoms with van der Waals surface area (Å²) in [6.45, 7) is 3.71. The summed E-state index contributed by atoms with van der Waals surface area (Å²) >= 11 is 0. The number of hydrogen-bond acceptors (Lipinski definition) is 2. The van der Waals surface area contributed by atoms with Gasteiger partial charge in [-0.1, -0.05) is 32.0 Å². The Labute approximate surface area is 100 Å². The van der Waals surface area contributed by atoms with Gasteiger partial charge in [0, 0.05) is 12.1 Å². The van der Waals surface area contributed by atoms with Gasteiger partial charge >= 0.3 is 0 Å². The largest absolute Gasteiger partial charge is 0.351 e. The Morgan fingerprint density at radius 2 is 2.12 bits per heavy atom. The van der Waals surface area contributed by atoms with Crippen molar-refractivity contribution >= 4 is 5.91 Å². The maximum absolute atomic E-state index is 13.3. The van der Waals surface area contributed by atoms with Crippen LogP contribution < -0.4 is 5.32 Å². The average Bonchev–Trinajstić information content (AvgIpc) is 2.28. The molecule has 0 fully saturated rings. The van der Waals surface area contributed by atoms with Crippen LogP contribution in [-0.2, 0) is 11.3 Å². The summed E-state index contributed by atoms with van der Waals surface area (Å²) in [5.74, 6) is -1.46. The highest BCUT2D eigenvalue weighted by molar-refractivity contribution is 5.81. The zero-order chi connectivity index (χ0) is 12.8. The number of rotatable bonds is 4. The molecule has 1 amide bonds. The molecule has 0 bridgehead atoms. The minimum atomic E-state index is -0.693. The summed E-state index contributed by atoms with van der Waals surface area (Å²) < 4.78 is 13.3. The zero-order valence-corrected chi connectivity index (χ0v) is 9.90. The van der Waals surface area contributed by atoms with Gasteiger partial charge in [0.05, 0.1) is 6.07 Å². The van der Waals surface area contributed by atoms with Crippen LogP contribution in [0.1, 0.15) is 19.4 Å². The van der Waals surface area contributed by atoms with E-state index >= 15 is 0 Å². The molecule has 17 heavy (non-hydrogen) atoms. The van der Waals surface area contributed by atoms with E-state index in [-0.39, 0.29) is 24.2 Å². The number of nitrogens with one attached hydrogen (secondary N) is 1. The summed E-state index contributed by atoms with van der Waals surface area (Å²) in [5.41, 5.74) is 0.418. The van der Waals surface area contributed by atoms with Crippen LogP contribution in [-0.4, -0.2) is 5.91 Å². The molecule has 1 unspecified atom stereocenters. The Morgan fingerprint density at radius 1 is 1.47 bits per heavy atom. The fourth-order valence-corrected chi connectivity index (χ4v) is 1.44. The lowest BCUT2D eigenvalue weighted by Gasteiger charge is -2.13. The van der Waals surface area contributed by atoms with Crippen molar-refractivity contribution < 1.29 is 9.18 Å². The van der Waals surface area contributed by atoms with Gasteiger partial charge in [0.15, 0.2) is 0 Å². The number of nitrogens with zero attached hydrogens (tertiary/aromatic N) is 1. The summed E-state index contributed by atoms with van der Waals surface area (Å²) in [6, 6.07) is 8.18. The molecule has 1 aromatic carbocycles. The third-order valence-corrected chi connectivity index (χ3v) is 2.50.